The van der Waals surface area contributed by atoms with E-state index >= 15 is 0 Å². The molecule has 2 fully saturated rings. The Bertz CT molecular complexity index is 919. The zero-order chi connectivity index (χ0) is 20.2. The van der Waals surface area contributed by atoms with Crippen molar-refractivity contribution in [3.05, 3.63) is 65.7 Å². The molecule has 7 heteroatoms. The average molecular weight is 410 g/mol. The maximum atomic E-state index is 12.9. The van der Waals surface area contributed by atoms with Gasteiger partial charge in [-0.15, -0.1) is 11.8 Å². The highest BCUT2D eigenvalue weighted by atomic mass is 32.2. The fourth-order valence-corrected chi connectivity index (χ4v) is 4.83. The molecule has 0 aliphatic carbocycles. The van der Waals surface area contributed by atoms with Crippen LogP contribution in [0.2, 0.25) is 0 Å². The van der Waals surface area contributed by atoms with E-state index in [1.165, 1.54) is 0 Å². The zero-order valence-corrected chi connectivity index (χ0v) is 16.9. The van der Waals surface area contributed by atoms with Gasteiger partial charge < -0.3 is 15.1 Å². The van der Waals surface area contributed by atoms with Crippen LogP contribution in [-0.2, 0) is 16.1 Å². The van der Waals surface area contributed by atoms with E-state index in [1.807, 2.05) is 47.4 Å². The van der Waals surface area contributed by atoms with Gasteiger partial charge in [0.2, 0.25) is 11.8 Å². The Morgan fingerprint density at radius 3 is 2.69 bits per heavy atom. The van der Waals surface area contributed by atoms with Crippen LogP contribution in [0, 0.1) is 0 Å². The van der Waals surface area contributed by atoms with Crippen molar-refractivity contribution in [1.82, 2.24) is 9.80 Å². The van der Waals surface area contributed by atoms with Crippen LogP contribution in [0.25, 0.3) is 0 Å². The molecule has 2 aliphatic heterocycles. The molecule has 1 N–H and O–H groups in total. The fraction of sp³-hybridized carbons (Fsp3) is 0.318. The van der Waals surface area contributed by atoms with Crippen molar-refractivity contribution in [2.75, 3.05) is 23.5 Å². The summed E-state index contributed by atoms with van der Waals surface area (Å²) in [6, 6.07) is 16.1. The monoisotopic (exact) mass is 409 g/mol. The number of hydrogen-bond acceptors (Lipinski definition) is 4. The summed E-state index contributed by atoms with van der Waals surface area (Å²) < 4.78 is 0. The van der Waals surface area contributed by atoms with Crippen LogP contribution in [0.4, 0.5) is 5.69 Å². The van der Waals surface area contributed by atoms with Gasteiger partial charge in [0.25, 0.3) is 5.91 Å². The number of anilines is 1. The zero-order valence-electron chi connectivity index (χ0n) is 16.0. The first-order chi connectivity index (χ1) is 14.1. The van der Waals surface area contributed by atoms with Gasteiger partial charge in [-0.3, -0.25) is 14.4 Å². The van der Waals surface area contributed by atoms with E-state index < -0.39 is 6.04 Å². The summed E-state index contributed by atoms with van der Waals surface area (Å²) >= 11 is 1.58. The minimum Gasteiger partial charge on any atom is -0.338 e. The van der Waals surface area contributed by atoms with Crippen LogP contribution in [0.15, 0.2) is 54.6 Å². The van der Waals surface area contributed by atoms with Crippen molar-refractivity contribution in [3.8, 4) is 0 Å². The third-order valence-electron chi connectivity index (χ3n) is 5.21. The number of nitrogens with zero attached hydrogens (tertiary/aromatic N) is 2. The summed E-state index contributed by atoms with van der Waals surface area (Å²) in [5.41, 5.74) is 2.25. The molecule has 29 heavy (non-hydrogen) atoms. The lowest BCUT2D eigenvalue weighted by atomic mass is 10.1. The second-order valence-electron chi connectivity index (χ2n) is 7.27. The molecule has 0 aromatic heterocycles. The number of thioether (sulfide) groups is 1. The molecule has 0 saturated carbocycles. The van der Waals surface area contributed by atoms with Gasteiger partial charge in [0, 0.05) is 36.5 Å². The van der Waals surface area contributed by atoms with Gasteiger partial charge in [-0.2, -0.15) is 0 Å². The topological polar surface area (TPSA) is 69.7 Å². The van der Waals surface area contributed by atoms with Crippen LogP contribution in [0.3, 0.4) is 0 Å². The van der Waals surface area contributed by atoms with E-state index in [-0.39, 0.29) is 17.7 Å². The number of amides is 3. The quantitative estimate of drug-likeness (QED) is 0.824. The molecule has 0 bridgehead atoms. The number of nitrogens with one attached hydrogen (secondary N) is 1. The predicted molar refractivity (Wildman–Crippen MR) is 113 cm³/mol. The highest BCUT2D eigenvalue weighted by Gasteiger charge is 2.35. The van der Waals surface area contributed by atoms with Gasteiger partial charge in [-0.25, -0.2) is 0 Å². The maximum Gasteiger partial charge on any atom is 0.255 e. The Morgan fingerprint density at radius 1 is 1.10 bits per heavy atom. The van der Waals surface area contributed by atoms with Crippen molar-refractivity contribution in [2.45, 2.75) is 25.4 Å². The second kappa shape index (κ2) is 8.69. The van der Waals surface area contributed by atoms with Crippen LogP contribution >= 0.6 is 11.8 Å². The molecule has 2 aromatic carbocycles. The van der Waals surface area contributed by atoms with Gasteiger partial charge in [0.15, 0.2) is 0 Å². The van der Waals surface area contributed by atoms with Gasteiger partial charge in [0.1, 0.15) is 6.04 Å². The summed E-state index contributed by atoms with van der Waals surface area (Å²) in [4.78, 5) is 41.0. The highest BCUT2D eigenvalue weighted by molar-refractivity contribution is 7.99. The SMILES string of the molecule is O=C(Nc1cccc(CN2CCCC2=O)c1)[C@H]1CSCN1C(=O)c1ccccc1. The maximum absolute atomic E-state index is 12.9. The summed E-state index contributed by atoms with van der Waals surface area (Å²) in [6.07, 6.45) is 1.51. The molecule has 3 amide bonds. The number of carbonyl (C=O) groups excluding carboxylic acids is 3. The Balaban J connectivity index is 1.42. The molecular weight excluding hydrogens is 386 g/mol. The Labute approximate surface area is 174 Å². The number of carbonyl (C=O) groups is 3. The van der Waals surface area contributed by atoms with E-state index in [9.17, 15) is 14.4 Å². The van der Waals surface area contributed by atoms with Crippen LogP contribution < -0.4 is 5.32 Å². The molecule has 2 heterocycles. The molecule has 1 atom stereocenters. The third kappa shape index (κ3) is 4.45. The molecule has 0 unspecified atom stereocenters. The van der Waals surface area contributed by atoms with Crippen molar-refractivity contribution in [1.29, 1.82) is 0 Å². The lowest BCUT2D eigenvalue weighted by Crippen LogP contribution is -2.44. The van der Waals surface area contributed by atoms with Crippen LogP contribution in [-0.4, -0.2) is 51.7 Å². The largest absolute Gasteiger partial charge is 0.338 e. The first-order valence-electron chi connectivity index (χ1n) is 9.73. The molecule has 0 radical (unpaired) electrons. The average Bonchev–Trinajstić information content (AvgIpc) is 3.38. The molecule has 2 saturated heterocycles. The van der Waals surface area contributed by atoms with Crippen molar-refractivity contribution >= 4 is 35.2 Å². The predicted octanol–water partition coefficient (Wildman–Crippen LogP) is 2.96. The normalized spacial score (nSPS) is 18.9. The van der Waals surface area contributed by atoms with Crippen LogP contribution in [0.1, 0.15) is 28.8 Å². The van der Waals surface area contributed by atoms with Crippen LogP contribution in [0.5, 0.6) is 0 Å². The number of benzene rings is 2. The van der Waals surface area contributed by atoms with E-state index in [2.05, 4.69) is 5.32 Å². The highest BCUT2D eigenvalue weighted by Crippen LogP contribution is 2.25. The summed E-state index contributed by atoms with van der Waals surface area (Å²) in [5.74, 6) is 0.943. The molecule has 0 spiro atoms. The van der Waals surface area contributed by atoms with E-state index in [4.69, 9.17) is 0 Å². The Kier molecular flexibility index (Phi) is 5.85. The standard InChI is InChI=1S/C22H23N3O3S/c26-20-10-5-11-24(20)13-16-6-4-9-18(12-16)23-21(27)19-14-29-15-25(19)22(28)17-7-2-1-3-8-17/h1-4,6-9,12,19H,5,10-11,13-15H2,(H,23,27)/t19-/m1/s1. The second-order valence-corrected chi connectivity index (χ2v) is 8.26. The van der Waals surface area contributed by atoms with Gasteiger partial charge >= 0.3 is 0 Å². The van der Waals surface area contributed by atoms with Gasteiger partial charge in [0.05, 0.1) is 5.88 Å². The minimum absolute atomic E-state index is 0.128. The van der Waals surface area contributed by atoms with Crippen molar-refractivity contribution in [2.24, 2.45) is 0 Å². The lowest BCUT2D eigenvalue weighted by Gasteiger charge is -2.23. The van der Waals surface area contributed by atoms with Gasteiger partial charge in [-0.05, 0) is 36.2 Å². The summed E-state index contributed by atoms with van der Waals surface area (Å²) in [7, 11) is 0. The number of hydrogen-bond donors (Lipinski definition) is 1. The molecule has 4 rings (SSSR count). The summed E-state index contributed by atoms with van der Waals surface area (Å²) in [6.45, 7) is 1.34. The van der Waals surface area contributed by atoms with E-state index in [1.54, 1.807) is 28.8 Å². The molecule has 150 valence electrons. The van der Waals surface area contributed by atoms with E-state index in [0.717, 1.165) is 18.5 Å². The van der Waals surface area contributed by atoms with Crippen molar-refractivity contribution in [3.63, 3.8) is 0 Å². The number of likely N-dealkylation sites (tertiary alicyclic amines) is 1. The molecule has 2 aliphatic rings. The Morgan fingerprint density at radius 2 is 1.93 bits per heavy atom. The first-order valence-corrected chi connectivity index (χ1v) is 10.9. The lowest BCUT2D eigenvalue weighted by molar-refractivity contribution is -0.128. The minimum atomic E-state index is -0.503. The van der Waals surface area contributed by atoms with E-state index in [0.29, 0.717) is 35.8 Å². The smallest absolute Gasteiger partial charge is 0.255 e. The fourth-order valence-electron chi connectivity index (χ4n) is 3.67. The van der Waals surface area contributed by atoms with Gasteiger partial charge in [-0.1, -0.05) is 30.3 Å². The number of rotatable bonds is 5. The van der Waals surface area contributed by atoms with Crippen molar-refractivity contribution < 1.29 is 14.4 Å². The Hall–Kier alpha value is -2.80. The molecule has 2 aromatic rings. The first kappa shape index (κ1) is 19.5. The third-order valence-corrected chi connectivity index (χ3v) is 6.22. The summed E-state index contributed by atoms with van der Waals surface area (Å²) in [5, 5.41) is 2.95. The molecule has 6 nitrogen and oxygen atoms in total. The molecular formula is C22H23N3O3S.